The predicted molar refractivity (Wildman–Crippen MR) is 194 cm³/mol. The largest absolute Gasteiger partial charge is 0.486 e. The molecule has 4 aromatic heterocycles. The third-order valence-electron chi connectivity index (χ3n) is 8.24. The van der Waals surface area contributed by atoms with Crippen LogP contribution in [0.1, 0.15) is 66.7 Å². The topological polar surface area (TPSA) is 51.8 Å². The van der Waals surface area contributed by atoms with Gasteiger partial charge in [0.05, 0.1) is 5.58 Å². The van der Waals surface area contributed by atoms with E-state index in [1.165, 1.54) is 22.8 Å². The van der Waals surface area contributed by atoms with Gasteiger partial charge in [-0.15, -0.1) is 53.6 Å². The van der Waals surface area contributed by atoms with Gasteiger partial charge in [0.15, 0.2) is 0 Å². The maximum absolute atomic E-state index is 8.75. The summed E-state index contributed by atoms with van der Waals surface area (Å²) >= 11 is 0. The van der Waals surface area contributed by atoms with Crippen molar-refractivity contribution in [2.45, 2.75) is 66.6 Å². The van der Waals surface area contributed by atoms with Crippen LogP contribution in [0.3, 0.4) is 0 Å². The van der Waals surface area contributed by atoms with Crippen molar-refractivity contribution >= 4 is 22.1 Å². The Morgan fingerprint density at radius 1 is 0.812 bits per heavy atom. The summed E-state index contributed by atoms with van der Waals surface area (Å²) in [5, 5.41) is 1.50. The van der Waals surface area contributed by atoms with Crippen molar-refractivity contribution in [1.82, 2.24) is 15.0 Å². The molecule has 4 nitrogen and oxygen atoms in total. The Morgan fingerprint density at radius 2 is 1.62 bits per heavy atom. The van der Waals surface area contributed by atoms with Crippen molar-refractivity contribution in [3.05, 3.63) is 149 Å². The molecular weight excluding hydrogens is 767 g/mol. The van der Waals surface area contributed by atoms with Gasteiger partial charge in [0.2, 0.25) is 5.71 Å². The smallest absolute Gasteiger partial charge is 0.216 e. The number of pyridine rings is 3. The number of hydrogen-bond donors (Lipinski definition) is 0. The van der Waals surface area contributed by atoms with E-state index in [2.05, 4.69) is 86.8 Å². The van der Waals surface area contributed by atoms with Gasteiger partial charge in [-0.25, -0.2) is 4.98 Å². The summed E-state index contributed by atoms with van der Waals surface area (Å²) in [5.41, 5.74) is 10.3. The maximum atomic E-state index is 8.75. The Bertz CT molecular complexity index is 2360. The first-order chi connectivity index (χ1) is 24.5. The molecule has 0 saturated carbocycles. The molecule has 3 aromatic carbocycles. The monoisotopic (exact) mass is 813 g/mol. The molecule has 0 N–H and O–H groups in total. The molecule has 48 heavy (non-hydrogen) atoms. The molecule has 0 atom stereocenters. The van der Waals surface area contributed by atoms with Gasteiger partial charge in [0.1, 0.15) is 0 Å². The van der Waals surface area contributed by atoms with Crippen LogP contribution in [0.2, 0.25) is 0 Å². The van der Waals surface area contributed by atoms with Crippen LogP contribution in [0.15, 0.2) is 102 Å². The van der Waals surface area contributed by atoms with Crippen LogP contribution in [0, 0.1) is 39.8 Å². The number of benzene rings is 3. The maximum Gasteiger partial charge on any atom is 0.216 e. The van der Waals surface area contributed by atoms with Gasteiger partial charge in [-0.2, -0.15) is 0 Å². The molecule has 0 spiro atoms. The standard InChI is InChI=1S/C29H27N2O.C14H14N.Ir/c1-19-8-15-24-23-6-5-7-25(27(23)32-28(24)31-19)26-18-21(16-17-30-26)10-9-20-11-13-22(14-12-20)29(2,3)4;1-10-4-6-13(7-5-10)14-8-11(2)12(3)9-15-14;/h5-6,8,11-18H,9-10H2,1-4H3;4-6,8-9H,1-3H3;/q2*-1;/i1D3,9D2;;. The number of aryl methyl sites for hydroxylation is 6. The summed E-state index contributed by atoms with van der Waals surface area (Å²) in [6.45, 7) is 10.3. The number of aromatic nitrogens is 3. The van der Waals surface area contributed by atoms with Crippen LogP contribution in [-0.4, -0.2) is 15.0 Å². The quantitative estimate of drug-likeness (QED) is 0.163. The van der Waals surface area contributed by atoms with Crippen LogP contribution in [0.5, 0.6) is 0 Å². The molecule has 5 heteroatoms. The van der Waals surface area contributed by atoms with Gasteiger partial charge in [-0.05, 0) is 85.2 Å². The minimum Gasteiger partial charge on any atom is -0.486 e. The molecule has 0 bridgehead atoms. The van der Waals surface area contributed by atoms with Crippen molar-refractivity contribution in [3.63, 3.8) is 0 Å². The SMILES string of the molecule is Cc1c[c-]c(-c2cc(C)c(C)cn2)cc1.[2H]C([2H])([2H])c1ccc2c(n1)oc1c(-c3cc(CC([2H])([2H])c4ccc(C(C)(C)C)cc4)ccn3)[c-]ccc12.[Ir]. The van der Waals surface area contributed by atoms with Crippen molar-refractivity contribution in [1.29, 1.82) is 0 Å². The van der Waals surface area contributed by atoms with Crippen LogP contribution in [-0.2, 0) is 38.3 Å². The van der Waals surface area contributed by atoms with Crippen LogP contribution in [0.4, 0.5) is 0 Å². The predicted octanol–water partition coefficient (Wildman–Crippen LogP) is 10.7. The molecule has 4 heterocycles. The second-order valence-electron chi connectivity index (χ2n) is 12.9. The van der Waals surface area contributed by atoms with Gasteiger partial charge in [-0.1, -0.05) is 86.2 Å². The van der Waals surface area contributed by atoms with E-state index in [1.54, 1.807) is 18.3 Å². The molecule has 245 valence electrons. The Labute approximate surface area is 305 Å². The van der Waals surface area contributed by atoms with E-state index < -0.39 is 13.2 Å². The van der Waals surface area contributed by atoms with E-state index in [-0.39, 0.29) is 43.3 Å². The first-order valence-corrected chi connectivity index (χ1v) is 15.7. The molecule has 0 fully saturated rings. The number of rotatable bonds is 5. The zero-order chi connectivity index (χ0) is 37.4. The molecule has 0 aliphatic heterocycles. The van der Waals surface area contributed by atoms with Gasteiger partial charge >= 0.3 is 0 Å². The third kappa shape index (κ3) is 7.98. The molecule has 1 radical (unpaired) electrons. The molecular formula is C43H41IrN3O-2. The fourth-order valence-electron chi connectivity index (χ4n) is 5.26. The molecule has 7 rings (SSSR count). The first-order valence-electron chi connectivity index (χ1n) is 18.2. The number of furan rings is 1. The van der Waals surface area contributed by atoms with Crippen molar-refractivity contribution in [2.24, 2.45) is 0 Å². The summed E-state index contributed by atoms with van der Waals surface area (Å²) in [6.07, 6.45) is 2.18. The second kappa shape index (κ2) is 14.8. The fourth-order valence-corrected chi connectivity index (χ4v) is 5.26. The van der Waals surface area contributed by atoms with Crippen molar-refractivity contribution in [3.8, 4) is 22.5 Å². The van der Waals surface area contributed by atoms with E-state index >= 15 is 0 Å². The van der Waals surface area contributed by atoms with Gasteiger partial charge in [0.25, 0.3) is 0 Å². The zero-order valence-electron chi connectivity index (χ0n) is 33.0. The van der Waals surface area contributed by atoms with Crippen LogP contribution < -0.4 is 0 Å². The molecule has 0 aliphatic carbocycles. The third-order valence-corrected chi connectivity index (χ3v) is 8.24. The van der Waals surface area contributed by atoms with Gasteiger partial charge < -0.3 is 14.4 Å². The minimum atomic E-state index is -2.33. The molecule has 0 amide bonds. The fraction of sp³-hybridized carbons (Fsp3) is 0.233. The number of nitrogens with zero attached hydrogens (tertiary/aromatic N) is 3. The average Bonchev–Trinajstić information content (AvgIpc) is 3.48. The zero-order valence-corrected chi connectivity index (χ0v) is 30.4. The van der Waals surface area contributed by atoms with E-state index in [0.717, 1.165) is 27.8 Å². The van der Waals surface area contributed by atoms with Crippen LogP contribution >= 0.6 is 0 Å². The van der Waals surface area contributed by atoms with Crippen molar-refractivity contribution in [2.75, 3.05) is 0 Å². The Morgan fingerprint density at radius 3 is 2.33 bits per heavy atom. The van der Waals surface area contributed by atoms with E-state index in [4.69, 9.17) is 11.3 Å². The number of hydrogen-bond acceptors (Lipinski definition) is 4. The van der Waals surface area contributed by atoms with E-state index in [0.29, 0.717) is 27.8 Å². The normalized spacial score (nSPS) is 13.3. The summed E-state index contributed by atoms with van der Waals surface area (Å²) in [5.74, 6) is 0. The summed E-state index contributed by atoms with van der Waals surface area (Å²) < 4.78 is 46.4. The van der Waals surface area contributed by atoms with Gasteiger partial charge in [-0.3, -0.25) is 0 Å². The number of fused-ring (bicyclic) bond motifs is 3. The Hall–Kier alpha value is -4.44. The molecule has 0 aliphatic rings. The summed E-state index contributed by atoms with van der Waals surface area (Å²) in [6, 6.07) is 32.9. The summed E-state index contributed by atoms with van der Waals surface area (Å²) in [7, 11) is 0. The molecule has 7 aromatic rings. The average molecular weight is 813 g/mol. The Kier molecular flexibility index (Phi) is 8.79. The Balaban J connectivity index is 0.000000283. The molecule has 0 unspecified atom stereocenters. The van der Waals surface area contributed by atoms with E-state index in [1.807, 2.05) is 54.7 Å². The summed E-state index contributed by atoms with van der Waals surface area (Å²) in [4.78, 5) is 13.1. The van der Waals surface area contributed by atoms with Gasteiger partial charge in [0, 0.05) is 50.4 Å². The first kappa shape index (κ1) is 28.6. The molecule has 0 saturated heterocycles. The van der Waals surface area contributed by atoms with Crippen molar-refractivity contribution < 1.29 is 31.4 Å². The second-order valence-corrected chi connectivity index (χ2v) is 12.9. The van der Waals surface area contributed by atoms with Crippen LogP contribution in [0.25, 0.3) is 44.6 Å². The minimum absolute atomic E-state index is 0. The van der Waals surface area contributed by atoms with E-state index in [9.17, 15) is 0 Å².